The van der Waals surface area contributed by atoms with Gasteiger partial charge >= 0.3 is 6.36 Å². The maximum atomic E-state index is 12.5. The second kappa shape index (κ2) is 6.57. The Morgan fingerprint density at radius 3 is 2.48 bits per heavy atom. The molecule has 2 aliphatic rings. The van der Waals surface area contributed by atoms with Gasteiger partial charge in [0.05, 0.1) is 7.11 Å². The summed E-state index contributed by atoms with van der Waals surface area (Å²) in [5.41, 5.74) is 0.790. The van der Waals surface area contributed by atoms with Gasteiger partial charge in [0, 0.05) is 37.8 Å². The number of ether oxygens (including phenoxy) is 2. The van der Waals surface area contributed by atoms with Gasteiger partial charge in [-0.15, -0.1) is 13.2 Å². The fraction of sp³-hybridized carbons (Fsp3) is 0.625. The smallest absolute Gasteiger partial charge is 0.496 e. The number of benzene rings is 1. The van der Waals surface area contributed by atoms with Crippen LogP contribution in [-0.2, 0) is 0 Å². The minimum Gasteiger partial charge on any atom is -0.496 e. The third-order valence-corrected chi connectivity index (χ3v) is 4.37. The normalized spacial score (nSPS) is 21.0. The topological polar surface area (TPSA) is 33.7 Å². The summed E-state index contributed by atoms with van der Waals surface area (Å²) < 4.78 is 47.0. The highest BCUT2D eigenvalue weighted by atomic mass is 19.4. The summed E-state index contributed by atoms with van der Waals surface area (Å²) in [4.78, 5) is 2.34. The standard InChI is InChI=1S/C16H21F3N2O2/c1-22-14-5-4-12(23-16(17,18)19)10-13(14)15(11-2-3-11)21-8-6-20-7-9-21/h4-5,10-11,15,20H,2-3,6-9H2,1H3/t15-/m1/s1. The van der Waals surface area contributed by atoms with Crippen LogP contribution in [0.2, 0.25) is 0 Å². The van der Waals surface area contributed by atoms with E-state index < -0.39 is 6.36 Å². The molecule has 1 saturated carbocycles. The van der Waals surface area contributed by atoms with Gasteiger partial charge in [-0.05, 0) is 37.0 Å². The van der Waals surface area contributed by atoms with Gasteiger partial charge in [-0.2, -0.15) is 0 Å². The van der Waals surface area contributed by atoms with Gasteiger partial charge in [0.2, 0.25) is 0 Å². The van der Waals surface area contributed by atoms with Crippen LogP contribution >= 0.6 is 0 Å². The zero-order valence-corrected chi connectivity index (χ0v) is 13.0. The summed E-state index contributed by atoms with van der Waals surface area (Å²) in [7, 11) is 1.55. The van der Waals surface area contributed by atoms with Crippen molar-refractivity contribution < 1.29 is 22.6 Å². The Balaban J connectivity index is 1.91. The highest BCUT2D eigenvalue weighted by Crippen LogP contribution is 2.48. The van der Waals surface area contributed by atoms with Crippen LogP contribution in [0, 0.1) is 5.92 Å². The summed E-state index contributed by atoms with van der Waals surface area (Å²) in [5.74, 6) is 0.909. The monoisotopic (exact) mass is 330 g/mol. The first kappa shape index (κ1) is 16.4. The van der Waals surface area contributed by atoms with Crippen molar-refractivity contribution in [2.24, 2.45) is 5.92 Å². The lowest BCUT2D eigenvalue weighted by atomic mass is 9.98. The van der Waals surface area contributed by atoms with E-state index >= 15 is 0 Å². The van der Waals surface area contributed by atoms with E-state index in [0.29, 0.717) is 11.7 Å². The van der Waals surface area contributed by atoms with E-state index in [9.17, 15) is 13.2 Å². The third-order valence-electron chi connectivity index (χ3n) is 4.37. The van der Waals surface area contributed by atoms with Crippen LogP contribution in [0.3, 0.4) is 0 Å². The largest absolute Gasteiger partial charge is 0.573 e. The maximum Gasteiger partial charge on any atom is 0.573 e. The lowest BCUT2D eigenvalue weighted by Gasteiger charge is -2.36. The van der Waals surface area contributed by atoms with Gasteiger partial charge in [-0.3, -0.25) is 4.90 Å². The molecule has 1 aliphatic heterocycles. The van der Waals surface area contributed by atoms with Crippen LogP contribution in [0.15, 0.2) is 18.2 Å². The summed E-state index contributed by atoms with van der Waals surface area (Å²) in [5, 5.41) is 3.31. The molecule has 0 amide bonds. The highest BCUT2D eigenvalue weighted by Gasteiger charge is 2.39. The highest BCUT2D eigenvalue weighted by molar-refractivity contribution is 5.43. The molecule has 0 bridgehead atoms. The fourth-order valence-electron chi connectivity index (χ4n) is 3.26. The quantitative estimate of drug-likeness (QED) is 0.900. The third kappa shape index (κ3) is 4.09. The van der Waals surface area contributed by atoms with Crippen LogP contribution in [-0.4, -0.2) is 44.6 Å². The second-order valence-electron chi connectivity index (χ2n) is 6.02. The Kier molecular flexibility index (Phi) is 4.68. The summed E-state index contributed by atoms with van der Waals surface area (Å²) in [6.45, 7) is 3.55. The molecule has 1 aromatic carbocycles. The molecule has 2 fully saturated rings. The van der Waals surface area contributed by atoms with Gasteiger partial charge in [0.15, 0.2) is 0 Å². The number of piperazine rings is 1. The molecule has 1 saturated heterocycles. The number of halogens is 3. The van der Waals surface area contributed by atoms with Crippen molar-refractivity contribution in [2.75, 3.05) is 33.3 Å². The Morgan fingerprint density at radius 1 is 1.22 bits per heavy atom. The number of rotatable bonds is 5. The van der Waals surface area contributed by atoms with Crippen molar-refractivity contribution in [2.45, 2.75) is 25.2 Å². The average Bonchev–Trinajstić information content (AvgIpc) is 3.32. The van der Waals surface area contributed by atoms with E-state index in [4.69, 9.17) is 4.74 Å². The molecular formula is C16H21F3N2O2. The number of nitrogens with one attached hydrogen (secondary N) is 1. The molecule has 7 heteroatoms. The predicted octanol–water partition coefficient (Wildman–Crippen LogP) is 2.95. The van der Waals surface area contributed by atoms with Crippen molar-refractivity contribution >= 4 is 0 Å². The lowest BCUT2D eigenvalue weighted by molar-refractivity contribution is -0.274. The zero-order valence-electron chi connectivity index (χ0n) is 13.0. The van der Waals surface area contributed by atoms with Crippen molar-refractivity contribution in [1.82, 2.24) is 10.2 Å². The first-order valence-corrected chi connectivity index (χ1v) is 7.86. The first-order valence-electron chi connectivity index (χ1n) is 7.86. The molecule has 23 heavy (non-hydrogen) atoms. The molecular weight excluding hydrogens is 309 g/mol. The molecule has 0 unspecified atom stereocenters. The van der Waals surface area contributed by atoms with E-state index in [1.165, 1.54) is 12.1 Å². The van der Waals surface area contributed by atoms with Crippen molar-refractivity contribution in [1.29, 1.82) is 0 Å². The Hall–Kier alpha value is -1.47. The molecule has 0 radical (unpaired) electrons. The number of nitrogens with zero attached hydrogens (tertiary/aromatic N) is 1. The van der Waals surface area contributed by atoms with E-state index in [1.54, 1.807) is 13.2 Å². The Bertz CT molecular complexity index is 541. The molecule has 1 N–H and O–H groups in total. The second-order valence-corrected chi connectivity index (χ2v) is 6.02. The van der Waals surface area contributed by atoms with Crippen LogP contribution in [0.25, 0.3) is 0 Å². The molecule has 0 spiro atoms. The Morgan fingerprint density at radius 2 is 1.91 bits per heavy atom. The van der Waals surface area contributed by atoms with E-state index in [0.717, 1.165) is 44.6 Å². The summed E-state index contributed by atoms with van der Waals surface area (Å²) in [6.07, 6.45) is -2.49. The van der Waals surface area contributed by atoms with Crippen molar-refractivity contribution in [3.05, 3.63) is 23.8 Å². The van der Waals surface area contributed by atoms with E-state index in [2.05, 4.69) is 15.0 Å². The fourth-order valence-corrected chi connectivity index (χ4v) is 3.26. The molecule has 1 aromatic rings. The number of hydrogen-bond donors (Lipinski definition) is 1. The van der Waals surface area contributed by atoms with Gasteiger partial charge < -0.3 is 14.8 Å². The minimum atomic E-state index is -4.68. The molecule has 1 heterocycles. The van der Waals surface area contributed by atoms with Crippen LogP contribution in [0.1, 0.15) is 24.4 Å². The van der Waals surface area contributed by atoms with Gasteiger partial charge in [-0.1, -0.05) is 0 Å². The maximum absolute atomic E-state index is 12.5. The van der Waals surface area contributed by atoms with Crippen molar-refractivity contribution in [3.63, 3.8) is 0 Å². The number of hydrogen-bond acceptors (Lipinski definition) is 4. The van der Waals surface area contributed by atoms with E-state index in [-0.39, 0.29) is 11.8 Å². The molecule has 0 aromatic heterocycles. The van der Waals surface area contributed by atoms with Crippen LogP contribution in [0.5, 0.6) is 11.5 Å². The van der Waals surface area contributed by atoms with Gasteiger partial charge in [0.1, 0.15) is 11.5 Å². The lowest BCUT2D eigenvalue weighted by Crippen LogP contribution is -2.45. The SMILES string of the molecule is COc1ccc(OC(F)(F)F)cc1[C@@H](C1CC1)N1CCNCC1. The summed E-state index contributed by atoms with van der Waals surface area (Å²) >= 11 is 0. The van der Waals surface area contributed by atoms with Crippen LogP contribution in [0.4, 0.5) is 13.2 Å². The van der Waals surface area contributed by atoms with Crippen LogP contribution < -0.4 is 14.8 Å². The first-order chi connectivity index (χ1) is 11.0. The summed E-state index contributed by atoms with van der Waals surface area (Å²) in [6, 6.07) is 4.44. The van der Waals surface area contributed by atoms with E-state index in [1.807, 2.05) is 0 Å². The molecule has 1 atom stereocenters. The molecule has 4 nitrogen and oxygen atoms in total. The zero-order chi connectivity index (χ0) is 16.4. The molecule has 1 aliphatic carbocycles. The van der Waals surface area contributed by atoms with Gasteiger partial charge in [0.25, 0.3) is 0 Å². The van der Waals surface area contributed by atoms with Gasteiger partial charge in [-0.25, -0.2) is 0 Å². The molecule has 128 valence electrons. The minimum absolute atomic E-state index is 0.0869. The number of alkyl halides is 3. The Labute approximate surface area is 133 Å². The number of methoxy groups -OCH3 is 1. The predicted molar refractivity (Wildman–Crippen MR) is 79.6 cm³/mol. The van der Waals surface area contributed by atoms with Crippen molar-refractivity contribution in [3.8, 4) is 11.5 Å². The molecule has 3 rings (SSSR count). The average molecular weight is 330 g/mol.